The van der Waals surface area contributed by atoms with Gasteiger partial charge in [-0.2, -0.15) is 0 Å². The number of amides is 5. The van der Waals surface area contributed by atoms with Crippen LogP contribution in [0.5, 0.6) is 0 Å². The number of urea groups is 1. The van der Waals surface area contributed by atoms with Crippen molar-refractivity contribution in [3.8, 4) is 11.3 Å². The summed E-state index contributed by atoms with van der Waals surface area (Å²) in [5.41, 5.74) is 4.76. The molecule has 5 amide bonds. The van der Waals surface area contributed by atoms with Gasteiger partial charge in [-0.05, 0) is 92.6 Å². The highest BCUT2D eigenvalue weighted by Crippen LogP contribution is 2.58. The van der Waals surface area contributed by atoms with Gasteiger partial charge in [0.25, 0.3) is 0 Å². The number of imidazole rings is 2. The highest BCUT2D eigenvalue weighted by Gasteiger charge is 2.51. The lowest BCUT2D eigenvalue weighted by Gasteiger charge is -2.53. The van der Waals surface area contributed by atoms with Gasteiger partial charge in [-0.1, -0.05) is 52.0 Å². The normalized spacial score (nSPS) is 25.7. The summed E-state index contributed by atoms with van der Waals surface area (Å²) in [7, 11) is 2.86. The fourth-order valence-corrected chi connectivity index (χ4v) is 9.87. The van der Waals surface area contributed by atoms with Crippen molar-refractivity contribution < 1.29 is 23.9 Å². The maximum atomic E-state index is 13.7. The lowest BCUT2D eigenvalue weighted by Crippen LogP contribution is -2.53. The fourth-order valence-electron chi connectivity index (χ4n) is 9.87. The van der Waals surface area contributed by atoms with E-state index < -0.39 is 18.2 Å². The number of likely N-dealkylation sites (tertiary alicyclic amines) is 2. The van der Waals surface area contributed by atoms with Gasteiger partial charge < -0.3 is 40.5 Å². The molecule has 0 spiro atoms. The average Bonchev–Trinajstić information content (AvgIpc) is 4.06. The fraction of sp³-hybridized carbons (Fsp3) is 0.619. The number of fused-ring (bicyclic) bond motifs is 3. The van der Waals surface area contributed by atoms with Crippen LogP contribution in [0.3, 0.4) is 0 Å². The molecule has 5 aliphatic rings. The van der Waals surface area contributed by atoms with Crippen LogP contribution in [0.2, 0.25) is 0 Å². The van der Waals surface area contributed by atoms with Gasteiger partial charge in [0.15, 0.2) is 0 Å². The molecular formula is C42H59N9O5. The summed E-state index contributed by atoms with van der Waals surface area (Å²) in [6.45, 7) is 9.02. The van der Waals surface area contributed by atoms with Crippen LogP contribution in [0.25, 0.3) is 11.3 Å². The molecule has 4 heterocycles. The lowest BCUT2D eigenvalue weighted by atomic mass is 9.51. The van der Waals surface area contributed by atoms with Gasteiger partial charge in [0.05, 0.1) is 31.1 Å². The van der Waals surface area contributed by atoms with Crippen LogP contribution in [0.1, 0.15) is 127 Å². The minimum atomic E-state index is -0.671. The Labute approximate surface area is 329 Å². The van der Waals surface area contributed by atoms with Crippen molar-refractivity contribution in [2.45, 2.75) is 127 Å². The van der Waals surface area contributed by atoms with Gasteiger partial charge in [0, 0.05) is 37.4 Å². The molecule has 3 aromatic rings. The first-order chi connectivity index (χ1) is 26.9. The van der Waals surface area contributed by atoms with E-state index in [0.717, 1.165) is 87.1 Å². The summed E-state index contributed by atoms with van der Waals surface area (Å²) in [4.78, 5) is 72.0. The van der Waals surface area contributed by atoms with E-state index in [4.69, 9.17) is 14.7 Å². The van der Waals surface area contributed by atoms with Crippen molar-refractivity contribution >= 4 is 23.9 Å². The van der Waals surface area contributed by atoms with Crippen LogP contribution in [0.4, 0.5) is 9.59 Å². The molecule has 5 N–H and O–H groups in total. The molecule has 14 nitrogen and oxygen atoms in total. The van der Waals surface area contributed by atoms with E-state index in [0.29, 0.717) is 13.1 Å². The summed E-state index contributed by atoms with van der Waals surface area (Å²) in [6, 6.07) is 7.03. The molecule has 302 valence electrons. The van der Waals surface area contributed by atoms with Crippen molar-refractivity contribution in [1.82, 2.24) is 45.7 Å². The standard InChI is InChI=1S/C42H59N9O5/c1-25(2)33(48-39(54)43-5)37(52)51-22-8-10-31(51)36-45-24-32(47-36)42-18-15-41(16-19-42,17-20-42)28-13-11-27(12-14-28)29-23-44-35(46-29)30-9-7-21-50(30)38(53)34(26(3)4)49-40(55)56-6/h11-14,23-26,30-31,33-34H,7-10,15-22H2,1-6H3,(H,44,46)(H,45,47)(H,49,55)(H2,43,48,54). The number of carbonyl (C=O) groups is 4. The Bertz CT molecular complexity index is 1880. The number of hydrogen-bond donors (Lipinski definition) is 5. The highest BCUT2D eigenvalue weighted by molar-refractivity contribution is 5.88. The zero-order chi connectivity index (χ0) is 39.8. The Hall–Kier alpha value is -4.88. The van der Waals surface area contributed by atoms with Crippen molar-refractivity contribution in [2.24, 2.45) is 11.8 Å². The number of aromatic nitrogens is 4. The molecular weight excluding hydrogens is 711 g/mol. The molecule has 1 aromatic carbocycles. The van der Waals surface area contributed by atoms with E-state index in [1.54, 1.807) is 7.05 Å². The van der Waals surface area contributed by atoms with Crippen LogP contribution in [-0.4, -0.2) is 93.0 Å². The molecule has 2 aliphatic heterocycles. The van der Waals surface area contributed by atoms with Crippen LogP contribution in [-0.2, 0) is 25.2 Å². The molecule has 8 rings (SSSR count). The topological polar surface area (TPSA) is 177 Å². The first-order valence-corrected chi connectivity index (χ1v) is 20.5. The van der Waals surface area contributed by atoms with Gasteiger partial charge in [0.2, 0.25) is 11.8 Å². The Morgan fingerprint density at radius 2 is 1.27 bits per heavy atom. The molecule has 3 aliphatic carbocycles. The van der Waals surface area contributed by atoms with E-state index in [9.17, 15) is 19.2 Å². The summed E-state index contributed by atoms with van der Waals surface area (Å²) < 4.78 is 4.78. The zero-order valence-corrected chi connectivity index (χ0v) is 33.7. The quantitative estimate of drug-likeness (QED) is 0.159. The smallest absolute Gasteiger partial charge is 0.407 e. The second kappa shape index (κ2) is 15.9. The zero-order valence-electron chi connectivity index (χ0n) is 33.7. The Balaban J connectivity index is 0.994. The van der Waals surface area contributed by atoms with E-state index in [1.165, 1.54) is 18.4 Å². The predicted octanol–water partition coefficient (Wildman–Crippen LogP) is 6.00. The first-order valence-electron chi connectivity index (χ1n) is 20.5. The van der Waals surface area contributed by atoms with Crippen molar-refractivity contribution in [1.29, 1.82) is 0 Å². The number of alkyl carbamates (subject to hydrolysis) is 1. The number of nitrogens with one attached hydrogen (secondary N) is 5. The number of aromatic amines is 2. The number of rotatable bonds is 11. The van der Waals surface area contributed by atoms with Crippen molar-refractivity contribution in [3.05, 3.63) is 59.6 Å². The second-order valence-corrected chi connectivity index (χ2v) is 17.2. The molecule has 14 heteroatoms. The van der Waals surface area contributed by atoms with Crippen LogP contribution in [0.15, 0.2) is 36.7 Å². The maximum absolute atomic E-state index is 13.7. The Morgan fingerprint density at radius 3 is 1.80 bits per heavy atom. The Kier molecular flexibility index (Phi) is 11.2. The Morgan fingerprint density at radius 1 is 0.750 bits per heavy atom. The number of hydrogen-bond acceptors (Lipinski definition) is 7. The summed E-state index contributed by atoms with van der Waals surface area (Å²) in [5, 5.41) is 8.14. The minimum Gasteiger partial charge on any atom is -0.453 e. The number of nitrogens with zero attached hydrogens (tertiary/aromatic N) is 4. The van der Waals surface area contributed by atoms with Crippen molar-refractivity contribution in [2.75, 3.05) is 27.2 Å². The van der Waals surface area contributed by atoms with E-state index in [2.05, 4.69) is 50.2 Å². The second-order valence-electron chi connectivity index (χ2n) is 17.2. The third-order valence-corrected chi connectivity index (χ3v) is 13.4. The molecule has 2 bridgehead atoms. The van der Waals surface area contributed by atoms with Gasteiger partial charge in [-0.25, -0.2) is 19.6 Å². The monoisotopic (exact) mass is 769 g/mol. The molecule has 4 unspecified atom stereocenters. The predicted molar refractivity (Wildman–Crippen MR) is 211 cm³/mol. The SMILES string of the molecule is CNC(=O)NC(C(=O)N1CCCC1c1ncc(C23CCC(c4ccc(-c5cnc(C6CCCN6C(=O)C(NC(=O)OC)C(C)C)[nH]5)cc4)(CC2)CC3)[nH]1)C(C)C. The third kappa shape index (κ3) is 7.38. The molecule has 56 heavy (non-hydrogen) atoms. The third-order valence-electron chi connectivity index (χ3n) is 13.4. The summed E-state index contributed by atoms with van der Waals surface area (Å²) >= 11 is 0. The average molecular weight is 770 g/mol. The molecule has 3 saturated carbocycles. The van der Waals surface area contributed by atoms with E-state index >= 15 is 0 Å². The molecule has 4 atom stereocenters. The minimum absolute atomic E-state index is 0.0409. The number of ether oxygens (including phenoxy) is 1. The van der Waals surface area contributed by atoms with E-state index in [-0.39, 0.29) is 52.6 Å². The molecule has 2 saturated heterocycles. The van der Waals surface area contributed by atoms with Gasteiger partial charge in [0.1, 0.15) is 23.7 Å². The van der Waals surface area contributed by atoms with Gasteiger partial charge >= 0.3 is 12.1 Å². The maximum Gasteiger partial charge on any atom is 0.407 e. The van der Waals surface area contributed by atoms with E-state index in [1.807, 2.05) is 49.9 Å². The van der Waals surface area contributed by atoms with Gasteiger partial charge in [-0.15, -0.1) is 0 Å². The molecule has 2 aromatic heterocycles. The van der Waals surface area contributed by atoms with Crippen LogP contribution < -0.4 is 16.0 Å². The number of H-pyrrole nitrogens is 2. The van der Waals surface area contributed by atoms with Crippen LogP contribution in [0, 0.1) is 11.8 Å². The number of carbonyl (C=O) groups excluding carboxylic acids is 4. The highest BCUT2D eigenvalue weighted by atomic mass is 16.5. The molecule has 0 radical (unpaired) electrons. The molecule has 5 fully saturated rings. The number of methoxy groups -OCH3 is 1. The first kappa shape index (κ1) is 39.4. The largest absolute Gasteiger partial charge is 0.453 e. The lowest BCUT2D eigenvalue weighted by molar-refractivity contribution is -0.136. The van der Waals surface area contributed by atoms with Crippen LogP contribution >= 0.6 is 0 Å². The van der Waals surface area contributed by atoms with Gasteiger partial charge in [-0.3, -0.25) is 9.59 Å². The summed E-state index contributed by atoms with van der Waals surface area (Å²) in [6.07, 6.45) is 13.3. The number of benzene rings is 1. The summed E-state index contributed by atoms with van der Waals surface area (Å²) in [5.74, 6) is 1.31. The van der Waals surface area contributed by atoms with Crippen molar-refractivity contribution in [3.63, 3.8) is 0 Å².